The van der Waals surface area contributed by atoms with E-state index in [2.05, 4.69) is 15.5 Å². The topological polar surface area (TPSA) is 76.1 Å². The standard InChI is InChI=1S/C27H24F4N4O3/c1-15-7-18(25-19(29)8-17(28)9-20(25)30)26(32-11-15)23-10-24(34-38-23)35-12-21(31)22(13-35)33-27(36)37-14-16-5-3-2-4-6-16/h2-9,11,21-23H,10,12-14H2,1H3,(H,33,36)/t21-,22+,23-/m0/s1. The minimum absolute atomic E-state index is 0.0338. The zero-order valence-corrected chi connectivity index (χ0v) is 20.3. The number of alkyl carbamates (subject to hydrolysis) is 1. The van der Waals surface area contributed by atoms with Crippen LogP contribution in [0.5, 0.6) is 0 Å². The molecule has 198 valence electrons. The number of rotatable bonds is 5. The van der Waals surface area contributed by atoms with E-state index in [0.29, 0.717) is 23.5 Å². The molecule has 0 spiro atoms. The summed E-state index contributed by atoms with van der Waals surface area (Å²) in [5.41, 5.74) is 1.36. The largest absolute Gasteiger partial charge is 0.445 e. The first kappa shape index (κ1) is 25.5. The lowest BCUT2D eigenvalue weighted by molar-refractivity contribution is 0.0828. The summed E-state index contributed by atoms with van der Waals surface area (Å²) in [4.78, 5) is 23.7. The summed E-state index contributed by atoms with van der Waals surface area (Å²) >= 11 is 0. The zero-order chi connectivity index (χ0) is 26.8. The molecule has 2 aliphatic rings. The van der Waals surface area contributed by atoms with Crippen LogP contribution in [0.15, 0.2) is 59.9 Å². The van der Waals surface area contributed by atoms with Gasteiger partial charge in [0.25, 0.3) is 0 Å². The number of halogens is 4. The number of oxime groups is 1. The van der Waals surface area contributed by atoms with Crippen LogP contribution in [-0.2, 0) is 16.2 Å². The average Bonchev–Trinajstić information content (AvgIpc) is 3.50. The third-order valence-electron chi connectivity index (χ3n) is 6.42. The van der Waals surface area contributed by atoms with E-state index in [-0.39, 0.29) is 37.4 Å². The van der Waals surface area contributed by atoms with Crippen LogP contribution in [0.4, 0.5) is 22.4 Å². The maximum atomic E-state index is 14.8. The van der Waals surface area contributed by atoms with E-state index in [9.17, 15) is 22.4 Å². The number of carbonyl (C=O) groups excluding carboxylic acids is 1. The predicted molar refractivity (Wildman–Crippen MR) is 130 cm³/mol. The van der Waals surface area contributed by atoms with E-state index in [1.807, 2.05) is 30.3 Å². The van der Waals surface area contributed by atoms with Crippen LogP contribution in [-0.4, -0.2) is 47.1 Å². The minimum atomic E-state index is -1.38. The fourth-order valence-electron chi connectivity index (χ4n) is 4.56. The maximum absolute atomic E-state index is 14.8. The van der Waals surface area contributed by atoms with Crippen LogP contribution in [0.25, 0.3) is 11.1 Å². The number of aromatic nitrogens is 1. The van der Waals surface area contributed by atoms with Gasteiger partial charge in [-0.3, -0.25) is 4.98 Å². The van der Waals surface area contributed by atoms with Crippen molar-refractivity contribution < 1.29 is 31.9 Å². The van der Waals surface area contributed by atoms with Gasteiger partial charge in [0.05, 0.1) is 30.3 Å². The molecule has 3 atom stereocenters. The number of likely N-dealkylation sites (tertiary alicyclic amines) is 1. The fraction of sp³-hybridized carbons (Fsp3) is 0.296. The van der Waals surface area contributed by atoms with Gasteiger partial charge in [0, 0.05) is 30.4 Å². The van der Waals surface area contributed by atoms with Crippen molar-refractivity contribution in [3.05, 3.63) is 89.0 Å². The Morgan fingerprint density at radius 1 is 1.13 bits per heavy atom. The van der Waals surface area contributed by atoms with Crippen LogP contribution in [0.1, 0.15) is 29.3 Å². The highest BCUT2D eigenvalue weighted by atomic mass is 19.1. The molecule has 1 N–H and O–H groups in total. The molecule has 1 aromatic heterocycles. The summed E-state index contributed by atoms with van der Waals surface area (Å²) in [6, 6.07) is 11.0. The van der Waals surface area contributed by atoms with Gasteiger partial charge in [-0.1, -0.05) is 35.5 Å². The van der Waals surface area contributed by atoms with Crippen molar-refractivity contribution in [1.29, 1.82) is 0 Å². The lowest BCUT2D eigenvalue weighted by atomic mass is 9.97. The number of aryl methyl sites for hydroxylation is 1. The molecule has 0 radical (unpaired) electrons. The third-order valence-corrected chi connectivity index (χ3v) is 6.42. The maximum Gasteiger partial charge on any atom is 0.407 e. The second-order valence-electron chi connectivity index (χ2n) is 9.23. The summed E-state index contributed by atoms with van der Waals surface area (Å²) in [5, 5.41) is 6.61. The van der Waals surface area contributed by atoms with E-state index >= 15 is 0 Å². The zero-order valence-electron chi connectivity index (χ0n) is 20.3. The summed E-state index contributed by atoms with van der Waals surface area (Å²) in [6.07, 6.45) is -1.23. The number of alkyl halides is 1. The molecular weight excluding hydrogens is 504 g/mol. The number of nitrogens with one attached hydrogen (secondary N) is 1. The molecule has 11 heteroatoms. The molecule has 0 saturated carbocycles. The van der Waals surface area contributed by atoms with Gasteiger partial charge >= 0.3 is 6.09 Å². The normalized spacial score (nSPS) is 20.7. The molecule has 2 aromatic carbocycles. The number of carbonyl (C=O) groups is 1. The van der Waals surface area contributed by atoms with Crippen LogP contribution in [0, 0.1) is 24.4 Å². The Morgan fingerprint density at radius 3 is 2.61 bits per heavy atom. The Kier molecular flexibility index (Phi) is 7.17. The smallest absolute Gasteiger partial charge is 0.407 e. The van der Waals surface area contributed by atoms with Gasteiger partial charge in [-0.2, -0.15) is 0 Å². The molecule has 1 fully saturated rings. The second kappa shape index (κ2) is 10.7. The molecule has 3 heterocycles. The average molecular weight is 529 g/mol. The van der Waals surface area contributed by atoms with Crippen molar-refractivity contribution in [3.8, 4) is 11.1 Å². The number of benzene rings is 2. The SMILES string of the molecule is Cc1cnc([C@@H]2CC(N3C[C@H](F)[C@H](NC(=O)OCc4ccccc4)C3)=NO2)c(-c2c(F)cc(F)cc2F)c1. The molecule has 0 unspecified atom stereocenters. The molecule has 1 amide bonds. The number of amidine groups is 1. The summed E-state index contributed by atoms with van der Waals surface area (Å²) in [5.74, 6) is -2.75. The Morgan fingerprint density at radius 2 is 1.87 bits per heavy atom. The van der Waals surface area contributed by atoms with Gasteiger partial charge < -0.3 is 19.8 Å². The quantitative estimate of drug-likeness (QED) is 0.461. The number of nitrogens with zero attached hydrogens (tertiary/aromatic N) is 3. The molecule has 0 bridgehead atoms. The predicted octanol–water partition coefficient (Wildman–Crippen LogP) is 5.20. The van der Waals surface area contributed by atoms with Gasteiger partial charge in [0.1, 0.15) is 36.1 Å². The van der Waals surface area contributed by atoms with Crippen LogP contribution in [0.2, 0.25) is 0 Å². The summed E-state index contributed by atoms with van der Waals surface area (Å²) < 4.78 is 62.6. The molecular formula is C27H24F4N4O3. The van der Waals surface area contributed by atoms with Gasteiger partial charge in [0.15, 0.2) is 6.10 Å². The van der Waals surface area contributed by atoms with Gasteiger partial charge in [-0.05, 0) is 24.1 Å². The number of hydrogen-bond acceptors (Lipinski definition) is 6. The summed E-state index contributed by atoms with van der Waals surface area (Å²) in [6.45, 7) is 1.87. The third kappa shape index (κ3) is 5.41. The highest BCUT2D eigenvalue weighted by molar-refractivity contribution is 5.84. The summed E-state index contributed by atoms with van der Waals surface area (Å²) in [7, 11) is 0. The first-order valence-corrected chi connectivity index (χ1v) is 12.0. The lowest BCUT2D eigenvalue weighted by Crippen LogP contribution is -2.42. The van der Waals surface area contributed by atoms with E-state index in [1.54, 1.807) is 11.8 Å². The number of pyridine rings is 1. The van der Waals surface area contributed by atoms with Crippen molar-refractivity contribution in [2.24, 2.45) is 5.16 Å². The van der Waals surface area contributed by atoms with Gasteiger partial charge in [-0.25, -0.2) is 22.4 Å². The number of hydrogen-bond donors (Lipinski definition) is 1. The molecule has 38 heavy (non-hydrogen) atoms. The van der Waals surface area contributed by atoms with Crippen molar-refractivity contribution in [3.63, 3.8) is 0 Å². The van der Waals surface area contributed by atoms with Crippen molar-refractivity contribution in [2.45, 2.75) is 38.3 Å². The van der Waals surface area contributed by atoms with Crippen molar-refractivity contribution >= 4 is 11.9 Å². The molecule has 7 nitrogen and oxygen atoms in total. The highest BCUT2D eigenvalue weighted by Gasteiger charge is 2.39. The van der Waals surface area contributed by atoms with Crippen LogP contribution in [0.3, 0.4) is 0 Å². The van der Waals surface area contributed by atoms with Crippen molar-refractivity contribution in [1.82, 2.24) is 15.2 Å². The van der Waals surface area contributed by atoms with E-state index < -0.39 is 47.4 Å². The highest BCUT2D eigenvalue weighted by Crippen LogP contribution is 2.37. The molecule has 2 aliphatic heterocycles. The van der Waals surface area contributed by atoms with Gasteiger partial charge in [-0.15, -0.1) is 0 Å². The molecule has 3 aromatic rings. The Balaban J connectivity index is 1.24. The minimum Gasteiger partial charge on any atom is -0.445 e. The Hall–Kier alpha value is -4.15. The fourth-order valence-corrected chi connectivity index (χ4v) is 4.56. The first-order chi connectivity index (χ1) is 18.3. The molecule has 0 aliphatic carbocycles. The molecule has 1 saturated heterocycles. The lowest BCUT2D eigenvalue weighted by Gasteiger charge is -2.18. The van der Waals surface area contributed by atoms with Crippen molar-refractivity contribution in [2.75, 3.05) is 13.1 Å². The molecule has 5 rings (SSSR count). The van der Waals surface area contributed by atoms with Gasteiger partial charge in [0.2, 0.25) is 0 Å². The first-order valence-electron chi connectivity index (χ1n) is 12.0. The number of amides is 1. The Bertz CT molecular complexity index is 1350. The van der Waals surface area contributed by atoms with Crippen LogP contribution < -0.4 is 5.32 Å². The monoisotopic (exact) mass is 528 g/mol. The van der Waals surface area contributed by atoms with E-state index in [1.165, 1.54) is 12.3 Å². The number of ether oxygens (including phenoxy) is 1. The van der Waals surface area contributed by atoms with E-state index in [0.717, 1.165) is 5.56 Å². The Labute approximate surface area is 216 Å². The second-order valence-corrected chi connectivity index (χ2v) is 9.23. The van der Waals surface area contributed by atoms with E-state index in [4.69, 9.17) is 9.57 Å². The van der Waals surface area contributed by atoms with Crippen LogP contribution >= 0.6 is 0 Å².